The molecule has 2 heterocycles. The number of nitrogen functional groups attached to an aromatic ring is 1. The van der Waals surface area contributed by atoms with E-state index in [4.69, 9.17) is 10.5 Å². The summed E-state index contributed by atoms with van der Waals surface area (Å²) in [7, 11) is -1.03. The summed E-state index contributed by atoms with van der Waals surface area (Å²) >= 11 is 0. The van der Waals surface area contributed by atoms with E-state index in [1.54, 1.807) is 18.5 Å². The first-order valence-corrected chi connectivity index (χ1v) is 6.18. The van der Waals surface area contributed by atoms with Crippen LogP contribution in [0.1, 0.15) is 12.8 Å². The quantitative estimate of drug-likeness (QED) is 0.815. The van der Waals surface area contributed by atoms with Crippen LogP contribution in [0.5, 0.6) is 0 Å². The van der Waals surface area contributed by atoms with Gasteiger partial charge in [0.1, 0.15) is 0 Å². The van der Waals surface area contributed by atoms with Crippen molar-refractivity contribution in [2.75, 3.05) is 18.9 Å². The smallest absolute Gasteiger partial charge is 0.0664 e. The molecule has 5 heteroatoms. The molecule has 0 radical (unpaired) electrons. The van der Waals surface area contributed by atoms with Crippen LogP contribution in [0, 0.1) is 0 Å². The van der Waals surface area contributed by atoms with E-state index >= 15 is 0 Å². The Kier molecular flexibility index (Phi) is 3.33. The Bertz CT molecular complexity index is 364. The molecule has 0 aliphatic carbocycles. The highest BCUT2D eigenvalue weighted by molar-refractivity contribution is 7.85. The lowest BCUT2D eigenvalue weighted by atomic mass is 10.2. The number of pyridine rings is 1. The standard InChI is InChI=1S/C10H14N2O2S/c11-9-7-12-4-1-10(9)15(13)8-2-5-14-6-3-8/h1,4,7-8H,2-3,5-6,11H2. The van der Waals surface area contributed by atoms with Gasteiger partial charge in [-0.1, -0.05) is 0 Å². The minimum absolute atomic E-state index is 0.170. The van der Waals surface area contributed by atoms with Gasteiger partial charge in [0.2, 0.25) is 0 Å². The van der Waals surface area contributed by atoms with E-state index in [9.17, 15) is 4.21 Å². The van der Waals surface area contributed by atoms with Gasteiger partial charge in [-0.2, -0.15) is 0 Å². The molecule has 1 aliphatic heterocycles. The van der Waals surface area contributed by atoms with Gasteiger partial charge in [0.25, 0.3) is 0 Å². The molecule has 0 bridgehead atoms. The molecule has 0 spiro atoms. The first-order chi connectivity index (χ1) is 7.29. The van der Waals surface area contributed by atoms with Crippen LogP contribution in [-0.2, 0) is 15.5 Å². The minimum atomic E-state index is -1.03. The van der Waals surface area contributed by atoms with Crippen molar-refractivity contribution in [1.82, 2.24) is 4.98 Å². The third-order valence-electron chi connectivity index (χ3n) is 2.50. The van der Waals surface area contributed by atoms with Crippen LogP contribution >= 0.6 is 0 Å². The zero-order valence-corrected chi connectivity index (χ0v) is 9.20. The fourth-order valence-corrected chi connectivity index (χ4v) is 3.11. The van der Waals surface area contributed by atoms with Crippen molar-refractivity contribution < 1.29 is 8.95 Å². The largest absolute Gasteiger partial charge is 0.396 e. The Hall–Kier alpha value is -0.940. The molecule has 1 saturated heterocycles. The summed E-state index contributed by atoms with van der Waals surface area (Å²) in [4.78, 5) is 4.59. The molecule has 1 fully saturated rings. The Morgan fingerprint density at radius 3 is 2.87 bits per heavy atom. The highest BCUT2D eigenvalue weighted by atomic mass is 32.2. The third kappa shape index (κ3) is 2.35. The van der Waals surface area contributed by atoms with E-state index in [0.29, 0.717) is 23.8 Å². The molecule has 1 aliphatic rings. The van der Waals surface area contributed by atoms with Crippen LogP contribution in [0.3, 0.4) is 0 Å². The summed E-state index contributed by atoms with van der Waals surface area (Å²) in [5.74, 6) is 0. The van der Waals surface area contributed by atoms with Gasteiger partial charge in [0.05, 0.1) is 27.6 Å². The number of aromatic nitrogens is 1. The SMILES string of the molecule is Nc1cnccc1S(=O)C1CCOCC1. The average Bonchev–Trinajstić information content (AvgIpc) is 2.30. The van der Waals surface area contributed by atoms with Gasteiger partial charge in [-0.15, -0.1) is 0 Å². The molecule has 2 rings (SSSR count). The Labute approximate surface area is 91.3 Å². The number of nitrogens with zero attached hydrogens (tertiary/aromatic N) is 1. The van der Waals surface area contributed by atoms with Crippen LogP contribution in [0.15, 0.2) is 23.4 Å². The number of nitrogens with two attached hydrogens (primary N) is 1. The molecule has 0 aromatic carbocycles. The molecule has 0 saturated carbocycles. The molecular weight excluding hydrogens is 212 g/mol. The second-order valence-corrected chi connectivity index (χ2v) is 5.22. The summed E-state index contributed by atoms with van der Waals surface area (Å²) in [5, 5.41) is 0.170. The van der Waals surface area contributed by atoms with Gasteiger partial charge in [0, 0.05) is 24.7 Å². The van der Waals surface area contributed by atoms with Crippen molar-refractivity contribution in [3.8, 4) is 0 Å². The van der Waals surface area contributed by atoms with Gasteiger partial charge in [-0.25, -0.2) is 0 Å². The molecular formula is C10H14N2O2S. The monoisotopic (exact) mass is 226 g/mol. The summed E-state index contributed by atoms with van der Waals surface area (Å²) in [6.45, 7) is 1.39. The highest BCUT2D eigenvalue weighted by Gasteiger charge is 2.22. The minimum Gasteiger partial charge on any atom is -0.396 e. The van der Waals surface area contributed by atoms with E-state index < -0.39 is 10.8 Å². The molecule has 1 unspecified atom stereocenters. The van der Waals surface area contributed by atoms with E-state index in [2.05, 4.69) is 4.98 Å². The average molecular weight is 226 g/mol. The van der Waals surface area contributed by atoms with Crippen molar-refractivity contribution in [1.29, 1.82) is 0 Å². The van der Waals surface area contributed by atoms with Crippen molar-refractivity contribution in [3.63, 3.8) is 0 Å². The first-order valence-electron chi connectivity index (χ1n) is 4.97. The molecule has 1 aromatic heterocycles. The van der Waals surface area contributed by atoms with Crippen molar-refractivity contribution in [3.05, 3.63) is 18.5 Å². The van der Waals surface area contributed by atoms with Crippen LogP contribution < -0.4 is 5.73 Å². The summed E-state index contributed by atoms with van der Waals surface area (Å²) in [5.41, 5.74) is 6.26. The summed E-state index contributed by atoms with van der Waals surface area (Å²) < 4.78 is 17.4. The number of ether oxygens (including phenoxy) is 1. The molecule has 82 valence electrons. The van der Waals surface area contributed by atoms with Gasteiger partial charge < -0.3 is 10.5 Å². The van der Waals surface area contributed by atoms with Gasteiger partial charge in [0.15, 0.2) is 0 Å². The maximum atomic E-state index is 12.2. The zero-order chi connectivity index (χ0) is 10.7. The maximum absolute atomic E-state index is 12.2. The molecule has 15 heavy (non-hydrogen) atoms. The van der Waals surface area contributed by atoms with E-state index in [1.807, 2.05) is 0 Å². The van der Waals surface area contributed by atoms with Gasteiger partial charge in [-0.05, 0) is 18.9 Å². The van der Waals surface area contributed by atoms with Crippen molar-refractivity contribution >= 4 is 16.5 Å². The second kappa shape index (κ2) is 4.72. The fourth-order valence-electron chi connectivity index (χ4n) is 1.65. The van der Waals surface area contributed by atoms with Crippen molar-refractivity contribution in [2.24, 2.45) is 0 Å². The first kappa shape index (κ1) is 10.6. The summed E-state index contributed by atoms with van der Waals surface area (Å²) in [6, 6.07) is 1.74. The Morgan fingerprint density at radius 1 is 1.47 bits per heavy atom. The Balaban J connectivity index is 2.16. The Morgan fingerprint density at radius 2 is 2.20 bits per heavy atom. The molecule has 1 atom stereocenters. The predicted octanol–water partition coefficient (Wildman–Crippen LogP) is 0.950. The zero-order valence-electron chi connectivity index (χ0n) is 8.39. The van der Waals surface area contributed by atoms with Gasteiger partial charge >= 0.3 is 0 Å². The van der Waals surface area contributed by atoms with Crippen molar-refractivity contribution in [2.45, 2.75) is 23.0 Å². The molecule has 0 amide bonds. The molecule has 1 aromatic rings. The lowest BCUT2D eigenvalue weighted by Crippen LogP contribution is -2.25. The number of anilines is 1. The van der Waals surface area contributed by atoms with Crippen LogP contribution in [0.25, 0.3) is 0 Å². The lowest BCUT2D eigenvalue weighted by molar-refractivity contribution is 0.0992. The van der Waals surface area contributed by atoms with Crippen LogP contribution in [-0.4, -0.2) is 27.7 Å². The number of hydrogen-bond donors (Lipinski definition) is 1. The second-order valence-electron chi connectivity index (χ2n) is 3.52. The highest BCUT2D eigenvalue weighted by Crippen LogP contribution is 2.23. The number of rotatable bonds is 2. The normalized spacial score (nSPS) is 20.0. The maximum Gasteiger partial charge on any atom is 0.0664 e. The van der Waals surface area contributed by atoms with Crippen LogP contribution in [0.2, 0.25) is 0 Å². The van der Waals surface area contributed by atoms with E-state index in [0.717, 1.165) is 12.8 Å². The van der Waals surface area contributed by atoms with E-state index in [-0.39, 0.29) is 5.25 Å². The lowest BCUT2D eigenvalue weighted by Gasteiger charge is -2.21. The fraction of sp³-hybridized carbons (Fsp3) is 0.500. The molecule has 2 N–H and O–H groups in total. The summed E-state index contributed by atoms with van der Waals surface area (Å²) in [6.07, 6.45) is 4.86. The van der Waals surface area contributed by atoms with Gasteiger partial charge in [-0.3, -0.25) is 9.19 Å². The number of hydrogen-bond acceptors (Lipinski definition) is 4. The molecule has 4 nitrogen and oxygen atoms in total. The topological polar surface area (TPSA) is 65.2 Å². The van der Waals surface area contributed by atoms with Crippen LogP contribution in [0.4, 0.5) is 5.69 Å². The van der Waals surface area contributed by atoms with E-state index in [1.165, 1.54) is 0 Å². The third-order valence-corrected chi connectivity index (χ3v) is 4.38. The predicted molar refractivity (Wildman–Crippen MR) is 58.9 cm³/mol.